The molecular weight excluding hydrogens is 400 g/mol. The first kappa shape index (κ1) is 20.3. The third kappa shape index (κ3) is 3.04. The number of fused-ring (bicyclic) bond motifs is 1. The van der Waals surface area contributed by atoms with E-state index in [0.29, 0.717) is 27.7 Å². The Balaban J connectivity index is 1.83. The minimum Gasteiger partial charge on any atom is -0.493 e. The quantitative estimate of drug-likeness (QED) is 0.810. The van der Waals surface area contributed by atoms with Crippen LogP contribution in [-0.2, 0) is 10.5 Å². The fourth-order valence-electron chi connectivity index (χ4n) is 4.11. The van der Waals surface area contributed by atoms with Gasteiger partial charge in [0.2, 0.25) is 5.91 Å². The fraction of sp³-hybridized carbons (Fsp3) is 0.304. The van der Waals surface area contributed by atoms with E-state index in [0.717, 1.165) is 11.1 Å². The van der Waals surface area contributed by atoms with E-state index in [4.69, 9.17) is 9.47 Å². The van der Waals surface area contributed by atoms with Crippen LogP contribution >= 0.6 is 11.8 Å². The van der Waals surface area contributed by atoms with Crippen LogP contribution in [0, 0.1) is 18.3 Å². The third-order valence-electron chi connectivity index (χ3n) is 5.63. The first-order chi connectivity index (χ1) is 14.4. The molecule has 0 saturated carbocycles. The van der Waals surface area contributed by atoms with Crippen molar-refractivity contribution in [3.8, 4) is 17.6 Å². The van der Waals surface area contributed by atoms with Crippen LogP contribution in [0.2, 0.25) is 0 Å². The maximum Gasteiger partial charge on any atom is 0.231 e. The van der Waals surface area contributed by atoms with E-state index >= 15 is 0 Å². The molecular formula is C23H22N2O4S. The topological polar surface area (TPSA) is 82.8 Å². The second kappa shape index (κ2) is 7.71. The standard InChI is InChI=1S/C23H22N2O4S/c1-14-7-9-15(10-8-14)23(27)13-30-22-18(12-24)17(11-20(26)25(22)23)16-5-4-6-19(28-2)21(16)29-3/h4-10,17,27H,11,13H2,1-3H3/t17-,23+/m0/s1. The van der Waals surface area contributed by atoms with Gasteiger partial charge in [-0.2, -0.15) is 5.26 Å². The first-order valence-electron chi connectivity index (χ1n) is 9.55. The lowest BCUT2D eigenvalue weighted by atomic mass is 9.84. The number of carbonyl (C=O) groups is 1. The summed E-state index contributed by atoms with van der Waals surface area (Å²) in [7, 11) is 3.09. The molecule has 154 valence electrons. The van der Waals surface area contributed by atoms with Crippen LogP contribution < -0.4 is 9.47 Å². The Labute approximate surface area is 179 Å². The van der Waals surface area contributed by atoms with Gasteiger partial charge in [0, 0.05) is 23.5 Å². The highest BCUT2D eigenvalue weighted by Crippen LogP contribution is 2.53. The van der Waals surface area contributed by atoms with Crippen molar-refractivity contribution in [1.29, 1.82) is 5.26 Å². The summed E-state index contributed by atoms with van der Waals surface area (Å²) in [4.78, 5) is 14.7. The van der Waals surface area contributed by atoms with Crippen LogP contribution in [0.3, 0.4) is 0 Å². The maximum absolute atomic E-state index is 13.3. The van der Waals surface area contributed by atoms with Crippen molar-refractivity contribution in [3.05, 3.63) is 69.8 Å². The van der Waals surface area contributed by atoms with Crippen LogP contribution in [0.4, 0.5) is 0 Å². The van der Waals surface area contributed by atoms with Crippen molar-refractivity contribution in [2.45, 2.75) is 25.0 Å². The molecule has 7 heteroatoms. The molecule has 1 saturated heterocycles. The average Bonchev–Trinajstić information content (AvgIpc) is 3.12. The van der Waals surface area contributed by atoms with E-state index in [1.54, 1.807) is 13.2 Å². The Morgan fingerprint density at radius 1 is 1.20 bits per heavy atom. The Bertz CT molecular complexity index is 1070. The Hall–Kier alpha value is -2.95. The van der Waals surface area contributed by atoms with Crippen molar-refractivity contribution >= 4 is 17.7 Å². The van der Waals surface area contributed by atoms with Gasteiger partial charge in [0.05, 0.1) is 36.6 Å². The number of nitriles is 1. The molecule has 6 nitrogen and oxygen atoms in total. The molecule has 1 fully saturated rings. The van der Waals surface area contributed by atoms with Crippen molar-refractivity contribution in [1.82, 2.24) is 4.90 Å². The molecule has 2 aromatic carbocycles. The molecule has 2 heterocycles. The van der Waals surface area contributed by atoms with Gasteiger partial charge >= 0.3 is 0 Å². The molecule has 0 radical (unpaired) electrons. The number of allylic oxidation sites excluding steroid dienone is 1. The molecule has 1 amide bonds. The molecule has 0 bridgehead atoms. The van der Waals surface area contributed by atoms with Crippen molar-refractivity contribution in [3.63, 3.8) is 0 Å². The van der Waals surface area contributed by atoms with Crippen LogP contribution in [0.1, 0.15) is 29.0 Å². The largest absolute Gasteiger partial charge is 0.493 e. The van der Waals surface area contributed by atoms with E-state index in [-0.39, 0.29) is 18.1 Å². The molecule has 0 unspecified atom stereocenters. The number of carbonyl (C=O) groups excluding carboxylic acids is 1. The minimum absolute atomic E-state index is 0.0602. The summed E-state index contributed by atoms with van der Waals surface area (Å²) in [6.07, 6.45) is 0.0602. The third-order valence-corrected chi connectivity index (χ3v) is 6.86. The molecule has 4 rings (SSSR count). The lowest BCUT2D eigenvalue weighted by Gasteiger charge is -2.38. The SMILES string of the molecule is COc1cccc([C@@H]2CC(=O)N3C(=C2C#N)SC[C@@]3(O)c2ccc(C)cc2)c1OC. The number of amides is 1. The predicted molar refractivity (Wildman–Crippen MR) is 114 cm³/mol. The summed E-state index contributed by atoms with van der Waals surface area (Å²) in [5, 5.41) is 22.0. The molecule has 1 N–H and O–H groups in total. The van der Waals surface area contributed by atoms with Crippen molar-refractivity contribution in [2.24, 2.45) is 0 Å². The Morgan fingerprint density at radius 3 is 2.57 bits per heavy atom. The van der Waals surface area contributed by atoms with E-state index < -0.39 is 11.6 Å². The molecule has 2 atom stereocenters. The Kier molecular flexibility index (Phi) is 5.22. The number of nitrogens with zero attached hydrogens (tertiary/aromatic N) is 2. The lowest BCUT2D eigenvalue weighted by molar-refractivity contribution is -0.149. The number of methoxy groups -OCH3 is 2. The number of aryl methyl sites for hydroxylation is 1. The highest BCUT2D eigenvalue weighted by atomic mass is 32.2. The molecule has 0 spiro atoms. The average molecular weight is 423 g/mol. The van der Waals surface area contributed by atoms with E-state index in [9.17, 15) is 15.2 Å². The van der Waals surface area contributed by atoms with Gasteiger partial charge in [-0.3, -0.25) is 9.69 Å². The van der Waals surface area contributed by atoms with Crippen LogP contribution in [0.25, 0.3) is 0 Å². The summed E-state index contributed by atoms with van der Waals surface area (Å²) in [5.41, 5.74) is 1.40. The molecule has 2 aromatic rings. The zero-order valence-corrected chi connectivity index (χ0v) is 17.8. The van der Waals surface area contributed by atoms with Gasteiger partial charge in [0.15, 0.2) is 17.2 Å². The molecule has 0 aromatic heterocycles. The summed E-state index contributed by atoms with van der Waals surface area (Å²) in [6.45, 7) is 1.97. The van der Waals surface area contributed by atoms with Gasteiger partial charge in [0.25, 0.3) is 0 Å². The van der Waals surface area contributed by atoms with E-state index in [1.807, 2.05) is 43.3 Å². The number of ether oxygens (including phenoxy) is 2. The number of thioether (sulfide) groups is 1. The number of para-hydroxylation sites is 1. The van der Waals surface area contributed by atoms with Gasteiger partial charge in [-0.1, -0.05) is 42.0 Å². The van der Waals surface area contributed by atoms with Crippen LogP contribution in [0.15, 0.2) is 53.1 Å². The number of benzene rings is 2. The number of aliphatic hydroxyl groups is 1. The number of hydrogen-bond donors (Lipinski definition) is 1. The summed E-state index contributed by atoms with van der Waals surface area (Å²) >= 11 is 1.33. The highest BCUT2D eigenvalue weighted by molar-refractivity contribution is 8.03. The van der Waals surface area contributed by atoms with Gasteiger partial charge in [-0.05, 0) is 13.0 Å². The Morgan fingerprint density at radius 2 is 1.93 bits per heavy atom. The van der Waals surface area contributed by atoms with Crippen molar-refractivity contribution in [2.75, 3.05) is 20.0 Å². The molecule has 30 heavy (non-hydrogen) atoms. The maximum atomic E-state index is 13.3. The fourth-order valence-corrected chi connectivity index (χ4v) is 5.47. The van der Waals surface area contributed by atoms with Crippen LogP contribution in [0.5, 0.6) is 11.5 Å². The predicted octanol–water partition coefficient (Wildman–Crippen LogP) is 3.66. The molecule has 2 aliphatic rings. The lowest BCUT2D eigenvalue weighted by Crippen LogP contribution is -2.48. The van der Waals surface area contributed by atoms with Gasteiger partial charge in [-0.15, -0.1) is 11.8 Å². The zero-order chi connectivity index (χ0) is 21.5. The minimum atomic E-state index is -1.48. The van der Waals surface area contributed by atoms with Gasteiger partial charge in [0.1, 0.15) is 0 Å². The van der Waals surface area contributed by atoms with Crippen LogP contribution in [-0.4, -0.2) is 35.9 Å². The van der Waals surface area contributed by atoms with E-state index in [1.165, 1.54) is 23.8 Å². The highest BCUT2D eigenvalue weighted by Gasteiger charge is 2.52. The number of rotatable bonds is 4. The summed E-state index contributed by atoms with van der Waals surface area (Å²) in [6, 6.07) is 15.2. The second-order valence-corrected chi connectivity index (χ2v) is 8.33. The van der Waals surface area contributed by atoms with Gasteiger partial charge < -0.3 is 14.6 Å². The number of hydrogen-bond acceptors (Lipinski definition) is 6. The smallest absolute Gasteiger partial charge is 0.231 e. The molecule has 0 aliphatic carbocycles. The first-order valence-corrected chi connectivity index (χ1v) is 10.5. The summed E-state index contributed by atoms with van der Waals surface area (Å²) < 4.78 is 10.9. The van der Waals surface area contributed by atoms with E-state index in [2.05, 4.69) is 6.07 Å². The summed E-state index contributed by atoms with van der Waals surface area (Å²) in [5.74, 6) is 0.627. The monoisotopic (exact) mass is 422 g/mol. The molecule has 2 aliphatic heterocycles. The normalized spacial score (nSPS) is 23.2. The van der Waals surface area contributed by atoms with Crippen molar-refractivity contribution < 1.29 is 19.4 Å². The van der Waals surface area contributed by atoms with Gasteiger partial charge in [-0.25, -0.2) is 0 Å². The zero-order valence-electron chi connectivity index (χ0n) is 17.0. The second-order valence-electron chi connectivity index (χ2n) is 7.37.